The van der Waals surface area contributed by atoms with Crippen molar-refractivity contribution in [2.24, 2.45) is 0 Å². The zero-order valence-electron chi connectivity index (χ0n) is 7.00. The van der Waals surface area contributed by atoms with Gasteiger partial charge in [0.1, 0.15) is 11.6 Å². The highest BCUT2D eigenvalue weighted by molar-refractivity contribution is 7.98. The molecule has 64 valence electrons. The summed E-state index contributed by atoms with van der Waals surface area (Å²) in [6.07, 6.45) is 1.04. The van der Waals surface area contributed by atoms with Crippen LogP contribution < -0.4 is 5.73 Å². The van der Waals surface area contributed by atoms with Gasteiger partial charge in [-0.15, -0.1) is 0 Å². The Hall–Kier alpha value is -0.770. The zero-order valence-corrected chi connectivity index (χ0v) is 7.82. The third kappa shape index (κ3) is 1.27. The number of nitrogens with two attached hydrogens (primary N) is 1. The van der Waals surface area contributed by atoms with Crippen LogP contribution in [0.2, 0.25) is 0 Å². The first-order valence-electron chi connectivity index (χ1n) is 3.97. The molecule has 0 atom stereocenters. The van der Waals surface area contributed by atoms with E-state index >= 15 is 0 Å². The molecule has 0 spiro atoms. The Labute approximate surface area is 75.8 Å². The van der Waals surface area contributed by atoms with Crippen LogP contribution in [0.1, 0.15) is 17.1 Å². The number of aryl methyl sites for hydroxylation is 2. The Balaban J connectivity index is 2.53. The van der Waals surface area contributed by atoms with Gasteiger partial charge in [0.05, 0.1) is 5.69 Å². The molecule has 0 bridgehead atoms. The van der Waals surface area contributed by atoms with E-state index in [0.29, 0.717) is 5.82 Å². The van der Waals surface area contributed by atoms with Crippen molar-refractivity contribution >= 4 is 17.6 Å². The maximum Gasteiger partial charge on any atom is 0.131 e. The van der Waals surface area contributed by atoms with Gasteiger partial charge in [-0.1, -0.05) is 0 Å². The molecule has 0 amide bonds. The Morgan fingerprint density at radius 3 is 3.08 bits per heavy atom. The van der Waals surface area contributed by atoms with Gasteiger partial charge in [-0.05, 0) is 19.1 Å². The van der Waals surface area contributed by atoms with Crippen molar-refractivity contribution in [3.63, 3.8) is 0 Å². The van der Waals surface area contributed by atoms with Crippen LogP contribution in [0.15, 0.2) is 0 Å². The van der Waals surface area contributed by atoms with Gasteiger partial charge in [-0.25, -0.2) is 9.97 Å². The quantitative estimate of drug-likeness (QED) is 0.652. The molecule has 3 nitrogen and oxygen atoms in total. The molecule has 12 heavy (non-hydrogen) atoms. The van der Waals surface area contributed by atoms with E-state index in [0.717, 1.165) is 35.0 Å². The predicted octanol–water partition coefficient (Wildman–Crippen LogP) is 1.16. The van der Waals surface area contributed by atoms with Crippen molar-refractivity contribution in [3.8, 4) is 0 Å². The highest BCUT2D eigenvalue weighted by atomic mass is 32.2. The van der Waals surface area contributed by atoms with Gasteiger partial charge < -0.3 is 5.73 Å². The summed E-state index contributed by atoms with van der Waals surface area (Å²) in [4.78, 5) is 8.51. The van der Waals surface area contributed by atoms with E-state index in [1.807, 2.05) is 18.7 Å². The molecule has 2 heterocycles. The van der Waals surface area contributed by atoms with Crippen molar-refractivity contribution < 1.29 is 0 Å². The average molecular weight is 181 g/mol. The molecule has 4 heteroatoms. The number of anilines is 1. The summed E-state index contributed by atoms with van der Waals surface area (Å²) >= 11 is 1.90. The summed E-state index contributed by atoms with van der Waals surface area (Å²) in [7, 11) is 0. The van der Waals surface area contributed by atoms with E-state index in [9.17, 15) is 0 Å². The van der Waals surface area contributed by atoms with Crippen LogP contribution in [0.3, 0.4) is 0 Å². The van der Waals surface area contributed by atoms with Crippen LogP contribution in [0.4, 0.5) is 5.82 Å². The van der Waals surface area contributed by atoms with Crippen LogP contribution in [0.5, 0.6) is 0 Å². The van der Waals surface area contributed by atoms with Gasteiger partial charge in [0.15, 0.2) is 0 Å². The van der Waals surface area contributed by atoms with Crippen molar-refractivity contribution in [2.45, 2.75) is 19.1 Å². The zero-order chi connectivity index (χ0) is 8.55. The fourth-order valence-corrected chi connectivity index (χ4v) is 2.39. The second-order valence-corrected chi connectivity index (χ2v) is 3.99. The number of nitrogen functional groups attached to an aromatic ring is 1. The summed E-state index contributed by atoms with van der Waals surface area (Å²) < 4.78 is 0. The largest absolute Gasteiger partial charge is 0.383 e. The van der Waals surface area contributed by atoms with Crippen LogP contribution in [-0.2, 0) is 12.2 Å². The third-order valence-corrected chi connectivity index (χ3v) is 2.95. The van der Waals surface area contributed by atoms with Crippen LogP contribution in [0, 0.1) is 6.92 Å². The van der Waals surface area contributed by atoms with Gasteiger partial charge in [-0.3, -0.25) is 0 Å². The Kier molecular flexibility index (Phi) is 1.92. The lowest BCUT2D eigenvalue weighted by molar-refractivity contribution is 0.921. The molecule has 1 aromatic rings. The van der Waals surface area contributed by atoms with Gasteiger partial charge in [0.2, 0.25) is 0 Å². The van der Waals surface area contributed by atoms with Crippen LogP contribution >= 0.6 is 11.8 Å². The molecule has 0 saturated carbocycles. The lowest BCUT2D eigenvalue weighted by atomic mass is 10.2. The average Bonchev–Trinajstić information content (AvgIpc) is 2.04. The minimum absolute atomic E-state index is 0.671. The summed E-state index contributed by atoms with van der Waals surface area (Å²) in [5.41, 5.74) is 8.08. The molecule has 0 saturated heterocycles. The fourth-order valence-electron chi connectivity index (χ4n) is 1.38. The predicted molar refractivity (Wildman–Crippen MR) is 51.0 cm³/mol. The highest BCUT2D eigenvalue weighted by Gasteiger charge is 2.14. The Bertz CT molecular complexity index is 311. The van der Waals surface area contributed by atoms with Crippen molar-refractivity contribution in [2.75, 3.05) is 11.5 Å². The van der Waals surface area contributed by atoms with Crippen LogP contribution in [-0.4, -0.2) is 15.7 Å². The number of hydrogen-bond acceptors (Lipinski definition) is 4. The number of nitrogens with zero attached hydrogens (tertiary/aromatic N) is 2. The third-order valence-electron chi connectivity index (χ3n) is 1.97. The first-order chi connectivity index (χ1) is 5.77. The molecule has 1 aliphatic rings. The standard InChI is InChI=1S/C8H11N3S/c1-5-10-7-2-3-12-4-6(7)8(9)11-5/h2-4H2,1H3,(H2,9,10,11). The monoisotopic (exact) mass is 181 g/mol. The number of hydrogen-bond donors (Lipinski definition) is 1. The fraction of sp³-hybridized carbons (Fsp3) is 0.500. The summed E-state index contributed by atoms with van der Waals surface area (Å²) in [5.74, 6) is 3.59. The Morgan fingerprint density at radius 2 is 2.25 bits per heavy atom. The second kappa shape index (κ2) is 2.94. The van der Waals surface area contributed by atoms with E-state index in [2.05, 4.69) is 9.97 Å². The molecule has 2 rings (SSSR count). The molecular weight excluding hydrogens is 170 g/mol. The number of aromatic nitrogens is 2. The maximum absolute atomic E-state index is 5.78. The highest BCUT2D eigenvalue weighted by Crippen LogP contribution is 2.26. The first kappa shape index (κ1) is 7.86. The molecule has 0 radical (unpaired) electrons. The molecule has 1 aliphatic heterocycles. The lowest BCUT2D eigenvalue weighted by Gasteiger charge is -2.15. The van der Waals surface area contributed by atoms with Crippen LogP contribution in [0.25, 0.3) is 0 Å². The van der Waals surface area contributed by atoms with Gasteiger partial charge in [-0.2, -0.15) is 11.8 Å². The van der Waals surface area contributed by atoms with E-state index in [1.54, 1.807) is 0 Å². The van der Waals surface area contributed by atoms with Crippen molar-refractivity contribution in [1.29, 1.82) is 0 Å². The maximum atomic E-state index is 5.78. The summed E-state index contributed by atoms with van der Waals surface area (Å²) in [6.45, 7) is 1.89. The smallest absolute Gasteiger partial charge is 0.131 e. The molecule has 0 aliphatic carbocycles. The van der Waals surface area contributed by atoms with Gasteiger partial charge in [0.25, 0.3) is 0 Å². The number of thioether (sulfide) groups is 1. The molecular formula is C8H11N3S. The lowest BCUT2D eigenvalue weighted by Crippen LogP contribution is -2.11. The minimum Gasteiger partial charge on any atom is -0.383 e. The molecule has 1 aromatic heterocycles. The number of rotatable bonds is 0. The molecule has 0 unspecified atom stereocenters. The molecule has 2 N–H and O–H groups in total. The second-order valence-electron chi connectivity index (χ2n) is 2.88. The Morgan fingerprint density at radius 1 is 1.42 bits per heavy atom. The topological polar surface area (TPSA) is 51.8 Å². The molecule has 0 aromatic carbocycles. The SMILES string of the molecule is Cc1nc(N)c2c(n1)CCSC2. The van der Waals surface area contributed by atoms with Gasteiger partial charge >= 0.3 is 0 Å². The summed E-state index contributed by atoms with van der Waals surface area (Å²) in [6, 6.07) is 0. The van der Waals surface area contributed by atoms with E-state index in [-0.39, 0.29) is 0 Å². The van der Waals surface area contributed by atoms with E-state index < -0.39 is 0 Å². The van der Waals surface area contributed by atoms with Crippen molar-refractivity contribution in [3.05, 3.63) is 17.1 Å². The first-order valence-corrected chi connectivity index (χ1v) is 5.12. The minimum atomic E-state index is 0.671. The van der Waals surface area contributed by atoms with Crippen molar-refractivity contribution in [1.82, 2.24) is 9.97 Å². The number of fused-ring (bicyclic) bond motifs is 1. The van der Waals surface area contributed by atoms with Gasteiger partial charge in [0, 0.05) is 11.3 Å². The summed E-state index contributed by atoms with van der Waals surface area (Å²) in [5, 5.41) is 0. The van der Waals surface area contributed by atoms with E-state index in [4.69, 9.17) is 5.73 Å². The van der Waals surface area contributed by atoms with E-state index in [1.165, 1.54) is 0 Å². The normalized spacial score (nSPS) is 15.8. The molecule has 0 fully saturated rings.